The molecule has 2 aromatic carbocycles. The van der Waals surface area contributed by atoms with Crippen molar-refractivity contribution in [3.63, 3.8) is 0 Å². The van der Waals surface area contributed by atoms with Gasteiger partial charge in [-0.3, -0.25) is 0 Å². The Morgan fingerprint density at radius 3 is 2.38 bits per heavy atom. The van der Waals surface area contributed by atoms with Crippen molar-refractivity contribution in [1.82, 2.24) is 5.32 Å². The zero-order valence-electron chi connectivity index (χ0n) is 11.9. The molecule has 9 heteroatoms. The summed E-state index contributed by atoms with van der Waals surface area (Å²) in [6.07, 6.45) is -1.49. The van der Waals surface area contributed by atoms with Gasteiger partial charge in [-0.1, -0.05) is 6.07 Å². The van der Waals surface area contributed by atoms with Crippen molar-refractivity contribution in [2.75, 3.05) is 11.9 Å². The van der Waals surface area contributed by atoms with Crippen molar-refractivity contribution < 1.29 is 31.9 Å². The molecule has 0 radical (unpaired) electrons. The van der Waals surface area contributed by atoms with Gasteiger partial charge in [0.15, 0.2) is 17.5 Å². The van der Waals surface area contributed by atoms with E-state index in [2.05, 4.69) is 5.32 Å². The maximum absolute atomic E-state index is 13.5. The summed E-state index contributed by atoms with van der Waals surface area (Å²) in [7, 11) is 0. The summed E-state index contributed by atoms with van der Waals surface area (Å²) in [4.78, 5) is 11.6. The van der Waals surface area contributed by atoms with Crippen LogP contribution in [0.3, 0.4) is 0 Å². The Bertz CT molecular complexity index is 770. The van der Waals surface area contributed by atoms with Gasteiger partial charge in [0.2, 0.25) is 0 Å². The Kier molecular flexibility index (Phi) is 5.35. The third kappa shape index (κ3) is 3.99. The summed E-state index contributed by atoms with van der Waals surface area (Å²) in [5.74, 6) is -6.59. The van der Waals surface area contributed by atoms with E-state index < -0.39 is 53.5 Å². The van der Waals surface area contributed by atoms with E-state index in [4.69, 9.17) is 0 Å². The maximum Gasteiger partial charge on any atom is 0.319 e. The number of halogens is 5. The van der Waals surface area contributed by atoms with E-state index in [0.717, 1.165) is 18.2 Å². The number of urea groups is 1. The fourth-order valence-corrected chi connectivity index (χ4v) is 1.86. The van der Waals surface area contributed by atoms with E-state index in [0.29, 0.717) is 12.1 Å². The third-order valence-electron chi connectivity index (χ3n) is 3.06. The molecular weight excluding hydrogens is 335 g/mol. The molecule has 0 unspecified atom stereocenters. The van der Waals surface area contributed by atoms with Crippen LogP contribution in [-0.2, 0) is 0 Å². The van der Waals surface area contributed by atoms with Crippen LogP contribution in [0.25, 0.3) is 0 Å². The molecular formula is C15H11F5N2O2. The zero-order valence-corrected chi connectivity index (χ0v) is 11.9. The highest BCUT2D eigenvalue weighted by Gasteiger charge is 2.17. The van der Waals surface area contributed by atoms with Crippen molar-refractivity contribution in [3.05, 3.63) is 65.0 Å². The second-order valence-electron chi connectivity index (χ2n) is 4.74. The van der Waals surface area contributed by atoms with Gasteiger partial charge in [-0.25, -0.2) is 26.7 Å². The molecule has 2 aromatic rings. The quantitative estimate of drug-likeness (QED) is 0.588. The average molecular weight is 346 g/mol. The number of nitrogens with one attached hydrogen (secondary N) is 2. The maximum atomic E-state index is 13.5. The molecule has 1 atom stereocenters. The van der Waals surface area contributed by atoms with Crippen LogP contribution < -0.4 is 10.6 Å². The number of benzene rings is 2. The molecule has 0 aliphatic heterocycles. The molecule has 128 valence electrons. The standard InChI is InChI=1S/C15H11F5N2O2/c16-7-1-2-8(10(18)5-7)12(23)6-21-15(24)22-11-4-3-9(17)13(19)14(11)20/h1-5,12,23H,6H2,(H2,21,22,24)/t12-/m1/s1. The molecule has 4 nitrogen and oxygen atoms in total. The molecule has 2 rings (SSSR count). The number of amides is 2. The summed E-state index contributed by atoms with van der Waals surface area (Å²) in [5.41, 5.74) is -0.871. The van der Waals surface area contributed by atoms with E-state index in [1.165, 1.54) is 0 Å². The van der Waals surface area contributed by atoms with Crippen LogP contribution in [0.2, 0.25) is 0 Å². The van der Waals surface area contributed by atoms with E-state index in [1.807, 2.05) is 5.32 Å². The molecule has 0 aromatic heterocycles. The first-order chi connectivity index (χ1) is 11.3. The van der Waals surface area contributed by atoms with Crippen molar-refractivity contribution >= 4 is 11.7 Å². The van der Waals surface area contributed by atoms with E-state index in [1.54, 1.807) is 0 Å². The normalized spacial score (nSPS) is 11.9. The van der Waals surface area contributed by atoms with Crippen molar-refractivity contribution in [2.24, 2.45) is 0 Å². The minimum Gasteiger partial charge on any atom is -0.386 e. The first-order valence-corrected chi connectivity index (χ1v) is 6.61. The average Bonchev–Trinajstić information content (AvgIpc) is 2.53. The second-order valence-corrected chi connectivity index (χ2v) is 4.74. The van der Waals surface area contributed by atoms with Gasteiger partial charge in [0, 0.05) is 18.2 Å². The minimum atomic E-state index is -1.75. The highest BCUT2D eigenvalue weighted by Crippen LogP contribution is 2.20. The monoisotopic (exact) mass is 346 g/mol. The Morgan fingerprint density at radius 1 is 1.00 bits per heavy atom. The zero-order chi connectivity index (χ0) is 17.9. The van der Waals surface area contributed by atoms with Gasteiger partial charge < -0.3 is 15.7 Å². The number of aliphatic hydroxyl groups excluding tert-OH is 1. The van der Waals surface area contributed by atoms with Crippen LogP contribution in [0.15, 0.2) is 30.3 Å². The first kappa shape index (κ1) is 17.7. The lowest BCUT2D eigenvalue weighted by molar-refractivity contribution is 0.170. The largest absolute Gasteiger partial charge is 0.386 e. The molecule has 0 heterocycles. The van der Waals surface area contributed by atoms with Gasteiger partial charge >= 0.3 is 6.03 Å². The van der Waals surface area contributed by atoms with Crippen LogP contribution in [0.1, 0.15) is 11.7 Å². The van der Waals surface area contributed by atoms with Gasteiger partial charge in [-0.15, -0.1) is 0 Å². The summed E-state index contributed by atoms with van der Waals surface area (Å²) in [5, 5.41) is 13.8. The fraction of sp³-hybridized carbons (Fsp3) is 0.133. The predicted octanol–water partition coefficient (Wildman–Crippen LogP) is 3.24. The lowest BCUT2D eigenvalue weighted by Gasteiger charge is -2.14. The third-order valence-corrected chi connectivity index (χ3v) is 3.06. The van der Waals surface area contributed by atoms with Crippen LogP contribution in [-0.4, -0.2) is 17.7 Å². The SMILES string of the molecule is O=C(NC[C@@H](O)c1ccc(F)cc1F)Nc1ccc(F)c(F)c1F. The molecule has 0 spiro atoms. The fourth-order valence-electron chi connectivity index (χ4n) is 1.86. The number of rotatable bonds is 4. The lowest BCUT2D eigenvalue weighted by atomic mass is 10.1. The lowest BCUT2D eigenvalue weighted by Crippen LogP contribution is -2.33. The molecule has 0 aliphatic carbocycles. The summed E-state index contributed by atoms with van der Waals surface area (Å²) >= 11 is 0. The number of hydrogen-bond acceptors (Lipinski definition) is 2. The van der Waals surface area contributed by atoms with Crippen molar-refractivity contribution in [3.8, 4) is 0 Å². The highest BCUT2D eigenvalue weighted by molar-refractivity contribution is 5.89. The number of anilines is 1. The Morgan fingerprint density at radius 2 is 1.71 bits per heavy atom. The van der Waals surface area contributed by atoms with E-state index in [9.17, 15) is 31.9 Å². The molecule has 0 saturated carbocycles. The molecule has 24 heavy (non-hydrogen) atoms. The summed E-state index contributed by atoms with van der Waals surface area (Å²) in [6, 6.07) is 2.89. The molecule has 0 saturated heterocycles. The summed E-state index contributed by atoms with van der Waals surface area (Å²) in [6.45, 7) is -0.486. The van der Waals surface area contributed by atoms with Crippen LogP contribution in [0, 0.1) is 29.1 Å². The van der Waals surface area contributed by atoms with E-state index >= 15 is 0 Å². The van der Waals surface area contributed by atoms with Crippen LogP contribution in [0.4, 0.5) is 32.4 Å². The minimum absolute atomic E-state index is 0.254. The smallest absolute Gasteiger partial charge is 0.319 e. The van der Waals surface area contributed by atoms with Crippen molar-refractivity contribution in [1.29, 1.82) is 0 Å². The number of carbonyl (C=O) groups excluding carboxylic acids is 1. The van der Waals surface area contributed by atoms with Gasteiger partial charge in [0.25, 0.3) is 0 Å². The predicted molar refractivity (Wildman–Crippen MR) is 74.7 cm³/mol. The van der Waals surface area contributed by atoms with Crippen LogP contribution in [0.5, 0.6) is 0 Å². The number of hydrogen-bond donors (Lipinski definition) is 3. The van der Waals surface area contributed by atoms with Crippen molar-refractivity contribution in [2.45, 2.75) is 6.10 Å². The first-order valence-electron chi connectivity index (χ1n) is 6.61. The van der Waals surface area contributed by atoms with Gasteiger partial charge in [-0.05, 0) is 18.2 Å². The molecule has 0 fully saturated rings. The molecule has 0 bridgehead atoms. The molecule has 2 amide bonds. The Hall–Kier alpha value is -2.68. The highest BCUT2D eigenvalue weighted by atomic mass is 19.2. The van der Waals surface area contributed by atoms with Gasteiger partial charge in [0.1, 0.15) is 11.6 Å². The second kappa shape index (κ2) is 7.26. The Balaban J connectivity index is 1.97. The Labute approximate surface area is 132 Å². The summed E-state index contributed by atoms with van der Waals surface area (Å²) < 4.78 is 65.4. The van der Waals surface area contributed by atoms with Crippen LogP contribution >= 0.6 is 0 Å². The van der Waals surface area contributed by atoms with Gasteiger partial charge in [0.05, 0.1) is 11.8 Å². The number of aliphatic hydroxyl groups is 1. The molecule has 3 N–H and O–H groups in total. The topological polar surface area (TPSA) is 61.4 Å². The van der Waals surface area contributed by atoms with Gasteiger partial charge in [-0.2, -0.15) is 0 Å². The van der Waals surface area contributed by atoms with E-state index in [-0.39, 0.29) is 5.56 Å². The number of carbonyl (C=O) groups is 1. The molecule has 0 aliphatic rings.